The van der Waals surface area contributed by atoms with Crippen LogP contribution in [0.25, 0.3) is 0 Å². The molecule has 3 N–H and O–H groups in total. The Labute approximate surface area is 104 Å². The second kappa shape index (κ2) is 6.12. The number of nitrogens with one attached hydrogen (secondary N) is 1. The van der Waals surface area contributed by atoms with Crippen molar-refractivity contribution in [1.82, 2.24) is 10.4 Å². The van der Waals surface area contributed by atoms with Crippen molar-refractivity contribution in [3.8, 4) is 0 Å². The van der Waals surface area contributed by atoms with E-state index < -0.39 is 0 Å². The van der Waals surface area contributed by atoms with Gasteiger partial charge in [-0.3, -0.25) is 16.3 Å². The van der Waals surface area contributed by atoms with Crippen molar-refractivity contribution in [2.45, 2.75) is 45.1 Å². The maximum absolute atomic E-state index is 5.76. The zero-order valence-corrected chi connectivity index (χ0v) is 10.6. The number of rotatable bonds is 4. The van der Waals surface area contributed by atoms with Gasteiger partial charge in [0.15, 0.2) is 0 Å². The fourth-order valence-electron chi connectivity index (χ4n) is 3.17. The van der Waals surface area contributed by atoms with Crippen molar-refractivity contribution in [2.75, 3.05) is 0 Å². The second-order valence-corrected chi connectivity index (χ2v) is 5.02. The highest BCUT2D eigenvalue weighted by molar-refractivity contribution is 5.10. The fourth-order valence-corrected chi connectivity index (χ4v) is 3.17. The molecule has 1 aromatic rings. The molecule has 2 rings (SSSR count). The monoisotopic (exact) mass is 233 g/mol. The van der Waals surface area contributed by atoms with Gasteiger partial charge >= 0.3 is 0 Å². The molecule has 0 saturated heterocycles. The van der Waals surface area contributed by atoms with Gasteiger partial charge in [0.05, 0.1) is 11.7 Å². The maximum Gasteiger partial charge on any atom is 0.0662 e. The number of hydrazine groups is 1. The lowest BCUT2D eigenvalue weighted by Gasteiger charge is -2.36. The molecule has 3 heteroatoms. The van der Waals surface area contributed by atoms with Crippen molar-refractivity contribution in [1.29, 1.82) is 0 Å². The van der Waals surface area contributed by atoms with Gasteiger partial charge in [-0.2, -0.15) is 0 Å². The first-order valence-electron chi connectivity index (χ1n) is 6.74. The Morgan fingerprint density at radius 1 is 1.41 bits per heavy atom. The summed E-state index contributed by atoms with van der Waals surface area (Å²) in [7, 11) is 0. The highest BCUT2D eigenvalue weighted by Gasteiger charge is 2.31. The molecule has 3 atom stereocenters. The van der Waals surface area contributed by atoms with Crippen molar-refractivity contribution in [3.05, 3.63) is 30.1 Å². The Balaban J connectivity index is 2.16. The summed E-state index contributed by atoms with van der Waals surface area (Å²) in [5, 5.41) is 0. The molecule has 1 fully saturated rings. The van der Waals surface area contributed by atoms with Crippen LogP contribution in [0.15, 0.2) is 24.4 Å². The Morgan fingerprint density at radius 2 is 2.24 bits per heavy atom. The Morgan fingerprint density at radius 3 is 2.88 bits per heavy atom. The van der Waals surface area contributed by atoms with E-state index >= 15 is 0 Å². The molecule has 1 aliphatic carbocycles. The maximum atomic E-state index is 5.76. The van der Waals surface area contributed by atoms with E-state index in [4.69, 9.17) is 5.84 Å². The lowest BCUT2D eigenvalue weighted by atomic mass is 9.73. The van der Waals surface area contributed by atoms with E-state index in [2.05, 4.69) is 23.4 Å². The molecular weight excluding hydrogens is 210 g/mol. The van der Waals surface area contributed by atoms with Gasteiger partial charge < -0.3 is 0 Å². The first kappa shape index (κ1) is 12.5. The second-order valence-electron chi connectivity index (χ2n) is 5.02. The number of pyridine rings is 1. The summed E-state index contributed by atoms with van der Waals surface area (Å²) in [4.78, 5) is 4.45. The summed E-state index contributed by atoms with van der Waals surface area (Å²) in [5.41, 5.74) is 4.07. The van der Waals surface area contributed by atoms with Crippen molar-refractivity contribution < 1.29 is 0 Å². The molecule has 0 aliphatic heterocycles. The van der Waals surface area contributed by atoms with Crippen LogP contribution < -0.4 is 11.3 Å². The highest BCUT2D eigenvalue weighted by Crippen LogP contribution is 2.39. The molecule has 0 radical (unpaired) electrons. The number of nitrogens with zero attached hydrogens (tertiary/aromatic N) is 1. The highest BCUT2D eigenvalue weighted by atomic mass is 15.2. The summed E-state index contributed by atoms with van der Waals surface area (Å²) >= 11 is 0. The van der Waals surface area contributed by atoms with Gasteiger partial charge in [0.25, 0.3) is 0 Å². The van der Waals surface area contributed by atoms with Crippen LogP contribution in [0.3, 0.4) is 0 Å². The molecule has 1 aromatic heterocycles. The zero-order valence-electron chi connectivity index (χ0n) is 10.6. The van der Waals surface area contributed by atoms with Crippen LogP contribution in [0.2, 0.25) is 0 Å². The van der Waals surface area contributed by atoms with Crippen LogP contribution in [0.5, 0.6) is 0 Å². The lowest BCUT2D eigenvalue weighted by Crippen LogP contribution is -2.38. The van der Waals surface area contributed by atoms with Gasteiger partial charge in [0.1, 0.15) is 0 Å². The van der Waals surface area contributed by atoms with Gasteiger partial charge in [-0.15, -0.1) is 0 Å². The van der Waals surface area contributed by atoms with Gasteiger partial charge in [0, 0.05) is 6.20 Å². The fraction of sp³-hybridized carbons (Fsp3) is 0.643. The number of nitrogens with two attached hydrogens (primary N) is 1. The normalized spacial score (nSPS) is 26.7. The SMILES string of the molecule is CCC1CCCCC1C(NN)c1ccccn1. The average molecular weight is 233 g/mol. The third-order valence-electron chi connectivity index (χ3n) is 4.11. The summed E-state index contributed by atoms with van der Waals surface area (Å²) < 4.78 is 0. The predicted molar refractivity (Wildman–Crippen MR) is 70.0 cm³/mol. The first-order chi connectivity index (χ1) is 8.36. The van der Waals surface area contributed by atoms with Crippen LogP contribution in [0.4, 0.5) is 0 Å². The van der Waals surface area contributed by atoms with Crippen LogP contribution in [0, 0.1) is 11.8 Å². The van der Waals surface area contributed by atoms with Gasteiger partial charge in [-0.25, -0.2) is 0 Å². The summed E-state index contributed by atoms with van der Waals surface area (Å²) in [5.74, 6) is 7.18. The van der Waals surface area contributed by atoms with Gasteiger partial charge in [0.2, 0.25) is 0 Å². The van der Waals surface area contributed by atoms with E-state index in [1.165, 1.54) is 32.1 Å². The Hall–Kier alpha value is -0.930. The molecule has 17 heavy (non-hydrogen) atoms. The number of hydrogen-bond acceptors (Lipinski definition) is 3. The standard InChI is InChI=1S/C14H23N3/c1-2-11-7-3-4-8-12(11)14(17-15)13-9-5-6-10-16-13/h5-6,9-12,14,17H,2-4,7-8,15H2,1H3. The molecule has 3 nitrogen and oxygen atoms in total. The van der Waals surface area contributed by atoms with E-state index in [0.717, 1.165) is 11.6 Å². The summed E-state index contributed by atoms with van der Waals surface area (Å²) in [6.07, 6.45) is 8.40. The Kier molecular flexibility index (Phi) is 4.51. The molecular formula is C14H23N3. The average Bonchev–Trinajstić information content (AvgIpc) is 2.41. The minimum Gasteiger partial charge on any atom is -0.271 e. The molecule has 0 amide bonds. The third kappa shape index (κ3) is 2.85. The molecule has 1 saturated carbocycles. The van der Waals surface area contributed by atoms with Crippen molar-refractivity contribution in [3.63, 3.8) is 0 Å². The quantitative estimate of drug-likeness (QED) is 0.621. The van der Waals surface area contributed by atoms with E-state index in [0.29, 0.717) is 5.92 Å². The summed E-state index contributed by atoms with van der Waals surface area (Å²) in [6.45, 7) is 2.29. The summed E-state index contributed by atoms with van der Waals surface area (Å²) in [6, 6.07) is 6.28. The largest absolute Gasteiger partial charge is 0.271 e. The van der Waals surface area contributed by atoms with Crippen molar-refractivity contribution >= 4 is 0 Å². The van der Waals surface area contributed by atoms with E-state index in [1.54, 1.807) is 0 Å². The molecule has 1 heterocycles. The Bertz CT molecular complexity index is 325. The topological polar surface area (TPSA) is 50.9 Å². The minimum absolute atomic E-state index is 0.210. The van der Waals surface area contributed by atoms with Crippen LogP contribution >= 0.6 is 0 Å². The van der Waals surface area contributed by atoms with Gasteiger partial charge in [-0.1, -0.05) is 38.7 Å². The van der Waals surface area contributed by atoms with Crippen LogP contribution in [-0.2, 0) is 0 Å². The third-order valence-corrected chi connectivity index (χ3v) is 4.11. The predicted octanol–water partition coefficient (Wildman–Crippen LogP) is 2.80. The molecule has 94 valence electrons. The molecule has 0 bridgehead atoms. The van der Waals surface area contributed by atoms with Crippen molar-refractivity contribution in [2.24, 2.45) is 17.7 Å². The lowest BCUT2D eigenvalue weighted by molar-refractivity contribution is 0.173. The van der Waals surface area contributed by atoms with E-state index in [-0.39, 0.29) is 6.04 Å². The number of hydrogen-bond donors (Lipinski definition) is 2. The van der Waals surface area contributed by atoms with Crippen LogP contribution in [-0.4, -0.2) is 4.98 Å². The first-order valence-corrected chi connectivity index (χ1v) is 6.74. The van der Waals surface area contributed by atoms with Gasteiger partial charge in [-0.05, 0) is 30.4 Å². The minimum atomic E-state index is 0.210. The van der Waals surface area contributed by atoms with E-state index in [9.17, 15) is 0 Å². The van der Waals surface area contributed by atoms with Crippen LogP contribution in [0.1, 0.15) is 50.8 Å². The molecule has 0 aromatic carbocycles. The smallest absolute Gasteiger partial charge is 0.0662 e. The molecule has 0 spiro atoms. The number of aromatic nitrogens is 1. The zero-order chi connectivity index (χ0) is 12.1. The van der Waals surface area contributed by atoms with E-state index in [1.807, 2.05) is 18.3 Å². The molecule has 3 unspecified atom stereocenters. The molecule has 1 aliphatic rings.